The lowest BCUT2D eigenvalue weighted by Gasteiger charge is -2.34. The topological polar surface area (TPSA) is 40.6 Å². The van der Waals surface area contributed by atoms with E-state index in [9.17, 15) is 8.42 Å². The molecule has 4 nitrogen and oxygen atoms in total. The molecule has 0 radical (unpaired) electrons. The summed E-state index contributed by atoms with van der Waals surface area (Å²) >= 11 is 5.88. The lowest BCUT2D eigenvalue weighted by molar-refractivity contribution is 0.196. The van der Waals surface area contributed by atoms with Crippen LogP contribution < -0.4 is 0 Å². The van der Waals surface area contributed by atoms with Crippen LogP contribution in [0.2, 0.25) is 0 Å². The second-order valence-corrected chi connectivity index (χ2v) is 8.03. The lowest BCUT2D eigenvalue weighted by Crippen LogP contribution is -2.44. The van der Waals surface area contributed by atoms with Crippen molar-refractivity contribution in [2.24, 2.45) is 0 Å². The van der Waals surface area contributed by atoms with Gasteiger partial charge in [0.25, 0.3) is 0 Å². The number of aryl methyl sites for hydroxylation is 1. The van der Waals surface area contributed by atoms with E-state index in [0.29, 0.717) is 29.9 Å². The summed E-state index contributed by atoms with van der Waals surface area (Å²) in [5.41, 5.74) is 1.90. The third kappa shape index (κ3) is 3.59. The molecule has 1 aliphatic rings. The van der Waals surface area contributed by atoms with Crippen molar-refractivity contribution in [3.63, 3.8) is 0 Å². The second kappa shape index (κ2) is 6.65. The SMILES string of the molecule is Cc1ccc(S(=O)(=O)N2CCC(N(C)C)CC2)cc1CCl. The van der Waals surface area contributed by atoms with Gasteiger partial charge in [-0.2, -0.15) is 4.31 Å². The first kappa shape index (κ1) is 16.7. The fourth-order valence-electron chi connectivity index (χ4n) is 2.70. The van der Waals surface area contributed by atoms with Gasteiger partial charge in [-0.25, -0.2) is 8.42 Å². The van der Waals surface area contributed by atoms with E-state index in [1.54, 1.807) is 16.4 Å². The van der Waals surface area contributed by atoms with Gasteiger partial charge in [-0.1, -0.05) is 6.07 Å². The molecule has 2 rings (SSSR count). The molecule has 1 fully saturated rings. The third-order valence-electron chi connectivity index (χ3n) is 4.26. The number of hydrogen-bond acceptors (Lipinski definition) is 3. The van der Waals surface area contributed by atoms with E-state index in [1.807, 2.05) is 27.1 Å². The van der Waals surface area contributed by atoms with Crippen LogP contribution in [0.1, 0.15) is 24.0 Å². The van der Waals surface area contributed by atoms with Crippen LogP contribution in [0.3, 0.4) is 0 Å². The fourth-order valence-corrected chi connectivity index (χ4v) is 4.51. The minimum absolute atomic E-state index is 0.331. The number of hydrogen-bond donors (Lipinski definition) is 0. The normalized spacial score (nSPS) is 18.3. The summed E-state index contributed by atoms with van der Waals surface area (Å²) in [6, 6.07) is 5.68. The van der Waals surface area contributed by atoms with Gasteiger partial charge in [-0.15, -0.1) is 11.6 Å². The standard InChI is InChI=1S/C15H23ClN2O2S/c1-12-4-5-15(10-13(12)11-16)21(19,20)18-8-6-14(7-9-18)17(2)3/h4-5,10,14H,6-9,11H2,1-3H3. The molecule has 6 heteroatoms. The molecule has 1 aromatic carbocycles. The maximum absolute atomic E-state index is 12.7. The van der Waals surface area contributed by atoms with E-state index in [4.69, 9.17) is 11.6 Å². The van der Waals surface area contributed by atoms with E-state index >= 15 is 0 Å². The Morgan fingerprint density at radius 2 is 1.90 bits per heavy atom. The first-order chi connectivity index (χ1) is 9.86. The summed E-state index contributed by atoms with van der Waals surface area (Å²) in [5.74, 6) is 0.331. The summed E-state index contributed by atoms with van der Waals surface area (Å²) in [6.45, 7) is 3.10. The quantitative estimate of drug-likeness (QED) is 0.796. The molecule has 0 spiro atoms. The van der Waals surface area contributed by atoms with Gasteiger partial charge in [0.2, 0.25) is 10.0 Å². The van der Waals surface area contributed by atoms with Crippen LogP contribution >= 0.6 is 11.6 Å². The Bertz CT molecular complexity index is 594. The van der Waals surface area contributed by atoms with Crippen molar-refractivity contribution in [2.75, 3.05) is 27.2 Å². The van der Waals surface area contributed by atoms with E-state index in [0.717, 1.165) is 24.0 Å². The van der Waals surface area contributed by atoms with Crippen molar-refractivity contribution in [3.8, 4) is 0 Å². The molecule has 0 N–H and O–H groups in total. The van der Waals surface area contributed by atoms with E-state index in [-0.39, 0.29) is 0 Å². The largest absolute Gasteiger partial charge is 0.306 e. The van der Waals surface area contributed by atoms with Crippen LogP contribution in [0.15, 0.2) is 23.1 Å². The maximum Gasteiger partial charge on any atom is 0.243 e. The average Bonchev–Trinajstić information content (AvgIpc) is 2.47. The Kier molecular flexibility index (Phi) is 5.30. The van der Waals surface area contributed by atoms with Crippen LogP contribution in [0.5, 0.6) is 0 Å². The highest BCUT2D eigenvalue weighted by molar-refractivity contribution is 7.89. The Hall–Kier alpha value is -0.620. The van der Waals surface area contributed by atoms with Gasteiger partial charge in [0.1, 0.15) is 0 Å². The van der Waals surface area contributed by atoms with Crippen LogP contribution in [0, 0.1) is 6.92 Å². The molecule has 0 aromatic heterocycles. The first-order valence-corrected chi connectivity index (χ1v) is 9.16. The highest BCUT2D eigenvalue weighted by atomic mass is 35.5. The van der Waals surface area contributed by atoms with Crippen LogP contribution in [-0.2, 0) is 15.9 Å². The Morgan fingerprint density at radius 3 is 2.43 bits per heavy atom. The number of piperidine rings is 1. The van der Waals surface area contributed by atoms with Gasteiger partial charge in [0.05, 0.1) is 4.90 Å². The molecule has 0 aliphatic carbocycles. The van der Waals surface area contributed by atoms with E-state index in [2.05, 4.69) is 4.90 Å². The molecule has 0 amide bonds. The van der Waals surface area contributed by atoms with Crippen LogP contribution in [-0.4, -0.2) is 50.8 Å². The summed E-state index contributed by atoms with van der Waals surface area (Å²) in [5, 5.41) is 0. The third-order valence-corrected chi connectivity index (χ3v) is 6.44. The van der Waals surface area contributed by atoms with Gasteiger partial charge < -0.3 is 4.90 Å². The molecule has 1 aliphatic heterocycles. The molecule has 0 bridgehead atoms. The number of nitrogens with zero attached hydrogens (tertiary/aromatic N) is 2. The minimum Gasteiger partial charge on any atom is -0.306 e. The van der Waals surface area contributed by atoms with Gasteiger partial charge in [0, 0.05) is 25.0 Å². The van der Waals surface area contributed by atoms with E-state index in [1.165, 1.54) is 0 Å². The molecule has 0 atom stereocenters. The number of benzene rings is 1. The van der Waals surface area contributed by atoms with Crippen LogP contribution in [0.4, 0.5) is 0 Å². The highest BCUT2D eigenvalue weighted by Gasteiger charge is 2.30. The monoisotopic (exact) mass is 330 g/mol. The van der Waals surface area contributed by atoms with Gasteiger partial charge >= 0.3 is 0 Å². The zero-order valence-electron chi connectivity index (χ0n) is 12.8. The average molecular weight is 331 g/mol. The van der Waals surface area contributed by atoms with Gasteiger partial charge in [-0.05, 0) is 57.1 Å². The molecule has 118 valence electrons. The Balaban J connectivity index is 2.19. The van der Waals surface area contributed by atoms with Crippen molar-refractivity contribution >= 4 is 21.6 Å². The zero-order chi connectivity index (χ0) is 15.6. The molecular weight excluding hydrogens is 308 g/mol. The molecule has 1 heterocycles. The fraction of sp³-hybridized carbons (Fsp3) is 0.600. The Morgan fingerprint density at radius 1 is 1.29 bits per heavy atom. The van der Waals surface area contributed by atoms with Crippen molar-refractivity contribution in [1.29, 1.82) is 0 Å². The summed E-state index contributed by atoms with van der Waals surface area (Å²) in [7, 11) is 0.682. The number of rotatable bonds is 4. The van der Waals surface area contributed by atoms with Gasteiger partial charge in [-0.3, -0.25) is 0 Å². The highest BCUT2D eigenvalue weighted by Crippen LogP contribution is 2.24. The minimum atomic E-state index is -3.40. The summed E-state index contributed by atoms with van der Waals surface area (Å²) in [6.07, 6.45) is 1.75. The molecular formula is C15H23ClN2O2S. The van der Waals surface area contributed by atoms with Gasteiger partial charge in [0.15, 0.2) is 0 Å². The molecule has 1 aromatic rings. The second-order valence-electron chi connectivity index (χ2n) is 5.82. The van der Waals surface area contributed by atoms with Crippen molar-refractivity contribution in [3.05, 3.63) is 29.3 Å². The predicted molar refractivity (Wildman–Crippen MR) is 86.2 cm³/mol. The van der Waals surface area contributed by atoms with Crippen molar-refractivity contribution < 1.29 is 8.42 Å². The predicted octanol–water partition coefficient (Wildman–Crippen LogP) is 2.45. The number of halogens is 1. The number of alkyl halides is 1. The van der Waals surface area contributed by atoms with E-state index < -0.39 is 10.0 Å². The number of sulfonamides is 1. The summed E-state index contributed by atoms with van der Waals surface area (Å²) in [4.78, 5) is 2.52. The smallest absolute Gasteiger partial charge is 0.243 e. The zero-order valence-corrected chi connectivity index (χ0v) is 14.4. The molecule has 0 unspecified atom stereocenters. The molecule has 0 saturated carbocycles. The van der Waals surface area contributed by atoms with Crippen molar-refractivity contribution in [2.45, 2.75) is 36.6 Å². The van der Waals surface area contributed by atoms with Crippen LogP contribution in [0.25, 0.3) is 0 Å². The first-order valence-electron chi connectivity index (χ1n) is 7.18. The summed E-state index contributed by atoms with van der Waals surface area (Å²) < 4.78 is 27.0. The maximum atomic E-state index is 12.7. The van der Waals surface area contributed by atoms with Crippen molar-refractivity contribution in [1.82, 2.24) is 9.21 Å². The molecule has 21 heavy (non-hydrogen) atoms. The lowest BCUT2D eigenvalue weighted by atomic mass is 10.1. The molecule has 1 saturated heterocycles. The Labute approximate surface area is 132 Å².